The molecule has 2 fully saturated rings. The summed E-state index contributed by atoms with van der Waals surface area (Å²) >= 11 is 0. The Kier molecular flexibility index (Phi) is 1.60. The van der Waals surface area contributed by atoms with E-state index in [0.717, 1.165) is 26.1 Å². The van der Waals surface area contributed by atoms with Crippen LogP contribution in [0.3, 0.4) is 0 Å². The van der Waals surface area contributed by atoms with Crippen LogP contribution in [0.1, 0.15) is 12.8 Å². The number of nitrogens with zero attached hydrogens (tertiary/aromatic N) is 1. The van der Waals surface area contributed by atoms with Gasteiger partial charge in [0.2, 0.25) is 5.91 Å². The van der Waals surface area contributed by atoms with Gasteiger partial charge in [0, 0.05) is 31.5 Å². The highest BCUT2D eigenvalue weighted by Gasteiger charge is 2.42. The molecular formula is C9H14N2O. The third-order valence-corrected chi connectivity index (χ3v) is 2.92. The van der Waals surface area contributed by atoms with Crippen LogP contribution in [0.25, 0.3) is 0 Å². The van der Waals surface area contributed by atoms with Gasteiger partial charge in [-0.15, -0.1) is 0 Å². The number of amides is 1. The fourth-order valence-electron chi connectivity index (χ4n) is 2.17. The fraction of sp³-hybridized carbons (Fsp3) is 0.667. The van der Waals surface area contributed by atoms with E-state index >= 15 is 0 Å². The third-order valence-electron chi connectivity index (χ3n) is 2.92. The van der Waals surface area contributed by atoms with Crippen LogP contribution in [-0.4, -0.2) is 30.4 Å². The maximum atomic E-state index is 11.0. The number of hydrogen-bond acceptors (Lipinski definition) is 2. The summed E-state index contributed by atoms with van der Waals surface area (Å²) in [6.45, 7) is 6.64. The smallest absolute Gasteiger partial charge is 0.220 e. The molecule has 2 heterocycles. The van der Waals surface area contributed by atoms with E-state index in [2.05, 4.69) is 16.8 Å². The van der Waals surface area contributed by atoms with E-state index < -0.39 is 0 Å². The van der Waals surface area contributed by atoms with Crippen molar-refractivity contribution in [3.05, 3.63) is 12.8 Å². The number of nitrogens with one attached hydrogen (secondary N) is 1. The third kappa shape index (κ3) is 1.09. The molecule has 3 heteroatoms. The number of hydrogen-bond donors (Lipinski definition) is 1. The molecule has 1 unspecified atom stereocenters. The molecular weight excluding hydrogens is 152 g/mol. The van der Waals surface area contributed by atoms with Crippen molar-refractivity contribution in [1.82, 2.24) is 10.2 Å². The number of rotatable bonds is 1. The summed E-state index contributed by atoms with van der Waals surface area (Å²) in [5, 5.41) is 2.90. The lowest BCUT2D eigenvalue weighted by Crippen LogP contribution is -2.26. The zero-order valence-electron chi connectivity index (χ0n) is 7.18. The quantitative estimate of drug-likeness (QED) is 0.609. The van der Waals surface area contributed by atoms with Gasteiger partial charge < -0.3 is 10.2 Å². The predicted molar refractivity (Wildman–Crippen MR) is 46.4 cm³/mol. The molecule has 0 saturated carbocycles. The van der Waals surface area contributed by atoms with Crippen LogP contribution in [0, 0.1) is 5.41 Å². The Morgan fingerprint density at radius 1 is 1.67 bits per heavy atom. The van der Waals surface area contributed by atoms with Crippen molar-refractivity contribution in [3.8, 4) is 0 Å². The van der Waals surface area contributed by atoms with Crippen molar-refractivity contribution >= 4 is 5.91 Å². The Hall–Kier alpha value is -0.990. The van der Waals surface area contributed by atoms with Crippen molar-refractivity contribution in [3.63, 3.8) is 0 Å². The van der Waals surface area contributed by atoms with Crippen molar-refractivity contribution in [2.75, 3.05) is 19.6 Å². The van der Waals surface area contributed by atoms with Gasteiger partial charge in [0.15, 0.2) is 0 Å². The second-order valence-corrected chi connectivity index (χ2v) is 3.86. The standard InChI is InChI=1S/C9H14N2O/c1-2-11-4-3-9(7-11)5-8(12)10-6-9/h2H,1,3-7H2,(H,10,12). The van der Waals surface area contributed by atoms with E-state index in [-0.39, 0.29) is 11.3 Å². The van der Waals surface area contributed by atoms with Crippen LogP contribution in [0.4, 0.5) is 0 Å². The first kappa shape index (κ1) is 7.65. The molecule has 0 aliphatic carbocycles. The summed E-state index contributed by atoms with van der Waals surface area (Å²) in [6, 6.07) is 0. The van der Waals surface area contributed by atoms with Gasteiger partial charge >= 0.3 is 0 Å². The van der Waals surface area contributed by atoms with Gasteiger partial charge in [-0.05, 0) is 12.6 Å². The highest BCUT2D eigenvalue weighted by molar-refractivity contribution is 5.79. The van der Waals surface area contributed by atoms with Gasteiger partial charge in [-0.2, -0.15) is 0 Å². The molecule has 1 atom stereocenters. The molecule has 1 spiro atoms. The van der Waals surface area contributed by atoms with Crippen LogP contribution < -0.4 is 5.32 Å². The number of carbonyl (C=O) groups is 1. The Bertz CT molecular complexity index is 227. The summed E-state index contributed by atoms with van der Waals surface area (Å²) in [5.41, 5.74) is 0.227. The van der Waals surface area contributed by atoms with Crippen molar-refractivity contribution in [1.29, 1.82) is 0 Å². The summed E-state index contributed by atoms with van der Waals surface area (Å²) in [5.74, 6) is 0.209. The van der Waals surface area contributed by atoms with Crippen LogP contribution in [0.2, 0.25) is 0 Å². The van der Waals surface area contributed by atoms with Gasteiger partial charge in [-0.1, -0.05) is 6.58 Å². The van der Waals surface area contributed by atoms with Crippen molar-refractivity contribution in [2.45, 2.75) is 12.8 Å². The molecule has 0 aromatic rings. The van der Waals surface area contributed by atoms with E-state index in [1.807, 2.05) is 6.20 Å². The average molecular weight is 166 g/mol. The molecule has 1 amide bonds. The minimum Gasteiger partial charge on any atom is -0.377 e. The van der Waals surface area contributed by atoms with E-state index in [4.69, 9.17) is 0 Å². The lowest BCUT2D eigenvalue weighted by Gasteiger charge is -2.20. The molecule has 66 valence electrons. The van der Waals surface area contributed by atoms with Crippen LogP contribution in [-0.2, 0) is 4.79 Å². The Labute approximate surface area is 72.4 Å². The summed E-state index contributed by atoms with van der Waals surface area (Å²) < 4.78 is 0. The first-order chi connectivity index (χ1) is 5.74. The lowest BCUT2D eigenvalue weighted by atomic mass is 9.86. The predicted octanol–water partition coefficient (Wildman–Crippen LogP) is 0.342. The number of carbonyl (C=O) groups excluding carboxylic acids is 1. The van der Waals surface area contributed by atoms with Crippen LogP contribution >= 0.6 is 0 Å². The molecule has 2 aliphatic heterocycles. The second kappa shape index (κ2) is 2.51. The van der Waals surface area contributed by atoms with Gasteiger partial charge in [0.05, 0.1) is 0 Å². The first-order valence-corrected chi connectivity index (χ1v) is 4.37. The van der Waals surface area contributed by atoms with Crippen molar-refractivity contribution < 1.29 is 4.79 Å². The van der Waals surface area contributed by atoms with E-state index in [1.54, 1.807) is 0 Å². The molecule has 0 bridgehead atoms. The fourth-order valence-corrected chi connectivity index (χ4v) is 2.17. The zero-order valence-corrected chi connectivity index (χ0v) is 7.18. The van der Waals surface area contributed by atoms with E-state index in [9.17, 15) is 4.79 Å². The van der Waals surface area contributed by atoms with Crippen LogP contribution in [0.15, 0.2) is 12.8 Å². The maximum Gasteiger partial charge on any atom is 0.220 e. The van der Waals surface area contributed by atoms with Gasteiger partial charge in [-0.25, -0.2) is 0 Å². The largest absolute Gasteiger partial charge is 0.377 e. The van der Waals surface area contributed by atoms with Gasteiger partial charge in [-0.3, -0.25) is 4.79 Å². The van der Waals surface area contributed by atoms with Gasteiger partial charge in [0.25, 0.3) is 0 Å². The molecule has 3 nitrogen and oxygen atoms in total. The van der Waals surface area contributed by atoms with Crippen molar-refractivity contribution in [2.24, 2.45) is 5.41 Å². The van der Waals surface area contributed by atoms with E-state index in [1.165, 1.54) is 0 Å². The second-order valence-electron chi connectivity index (χ2n) is 3.86. The van der Waals surface area contributed by atoms with Gasteiger partial charge in [0.1, 0.15) is 0 Å². The lowest BCUT2D eigenvalue weighted by molar-refractivity contribution is -0.119. The topological polar surface area (TPSA) is 32.3 Å². The molecule has 2 saturated heterocycles. The molecule has 0 aromatic heterocycles. The van der Waals surface area contributed by atoms with E-state index in [0.29, 0.717) is 6.42 Å². The maximum absolute atomic E-state index is 11.0. The normalized spacial score (nSPS) is 34.3. The molecule has 1 N–H and O–H groups in total. The highest BCUT2D eigenvalue weighted by Crippen LogP contribution is 2.36. The molecule has 2 rings (SSSR count). The average Bonchev–Trinajstić information content (AvgIpc) is 2.61. The Morgan fingerprint density at radius 2 is 2.50 bits per heavy atom. The minimum atomic E-state index is 0.209. The SMILES string of the molecule is C=CN1CCC2(CNC(=O)C2)C1. The highest BCUT2D eigenvalue weighted by atomic mass is 16.1. The zero-order chi connectivity index (χ0) is 8.60. The van der Waals surface area contributed by atoms with Crippen LogP contribution in [0.5, 0.6) is 0 Å². The Balaban J connectivity index is 2.05. The summed E-state index contributed by atoms with van der Waals surface area (Å²) in [4.78, 5) is 13.2. The minimum absolute atomic E-state index is 0.209. The monoisotopic (exact) mass is 166 g/mol. The summed E-state index contributed by atoms with van der Waals surface area (Å²) in [7, 11) is 0. The molecule has 12 heavy (non-hydrogen) atoms. The Morgan fingerprint density at radius 3 is 3.00 bits per heavy atom. The first-order valence-electron chi connectivity index (χ1n) is 4.37. The molecule has 0 radical (unpaired) electrons. The molecule has 2 aliphatic rings. The summed E-state index contributed by atoms with van der Waals surface area (Å²) in [6.07, 6.45) is 3.70. The molecule has 0 aromatic carbocycles. The number of likely N-dealkylation sites (tertiary alicyclic amines) is 1.